The third-order valence-corrected chi connectivity index (χ3v) is 3.42. The Bertz CT molecular complexity index is 266. The molecule has 12 heteroatoms. The lowest BCUT2D eigenvalue weighted by Crippen LogP contribution is -2.63. The van der Waals surface area contributed by atoms with Gasteiger partial charge in [-0.05, 0) is 15.9 Å². The number of halogens is 12. The molecular formula is C5BrCl5F6. The minimum absolute atomic E-state index is 1.46. The Morgan fingerprint density at radius 2 is 0.941 bits per heavy atom. The third-order valence-electron chi connectivity index (χ3n) is 1.50. The van der Waals surface area contributed by atoms with Crippen LogP contribution in [0.15, 0.2) is 0 Å². The van der Waals surface area contributed by atoms with E-state index in [1.54, 1.807) is 0 Å². The Morgan fingerprint density at radius 3 is 1.12 bits per heavy atom. The van der Waals surface area contributed by atoms with Gasteiger partial charge in [0.2, 0.25) is 0 Å². The van der Waals surface area contributed by atoms with Crippen LogP contribution in [0, 0.1) is 0 Å². The second kappa shape index (κ2) is 4.81. The fraction of sp³-hybridized carbons (Fsp3) is 1.00. The highest BCUT2D eigenvalue weighted by Gasteiger charge is 2.81. The van der Waals surface area contributed by atoms with Crippen LogP contribution in [0.3, 0.4) is 0 Å². The van der Waals surface area contributed by atoms with Gasteiger partial charge in [0.1, 0.15) is 0 Å². The number of alkyl halides is 12. The largest absolute Gasteiger partial charge is 0.358 e. The fourth-order valence-corrected chi connectivity index (χ4v) is 1.93. The molecule has 0 bridgehead atoms. The predicted molar refractivity (Wildman–Crippen MR) is 58.5 cm³/mol. The van der Waals surface area contributed by atoms with Crippen LogP contribution >= 0.6 is 73.9 Å². The molecule has 0 aromatic rings. The van der Waals surface area contributed by atoms with Crippen molar-refractivity contribution in [1.29, 1.82) is 0 Å². The summed E-state index contributed by atoms with van der Waals surface area (Å²) in [5.74, 6) is -11.0. The maximum atomic E-state index is 13.3. The predicted octanol–water partition coefficient (Wildman–Crippen LogP) is 5.79. The Labute approximate surface area is 125 Å². The van der Waals surface area contributed by atoms with Crippen LogP contribution in [0.4, 0.5) is 26.3 Å². The fourth-order valence-electron chi connectivity index (χ4n) is 0.553. The first kappa shape index (κ1) is 18.5. The first-order valence-corrected chi connectivity index (χ1v) is 5.95. The molecule has 0 radical (unpaired) electrons. The maximum Gasteiger partial charge on any atom is 0.358 e. The van der Waals surface area contributed by atoms with Gasteiger partial charge in [0.05, 0.1) is 0 Å². The minimum atomic E-state index is -5.61. The topological polar surface area (TPSA) is 0 Å². The van der Waals surface area contributed by atoms with E-state index in [0.717, 1.165) is 0 Å². The summed E-state index contributed by atoms with van der Waals surface area (Å²) in [6.07, 6.45) is 0. The van der Waals surface area contributed by atoms with E-state index in [4.69, 9.17) is 0 Å². The number of hydrogen-bond donors (Lipinski definition) is 0. The Morgan fingerprint density at radius 1 is 0.647 bits per heavy atom. The van der Waals surface area contributed by atoms with Crippen molar-refractivity contribution < 1.29 is 26.3 Å². The van der Waals surface area contributed by atoms with E-state index in [1.807, 2.05) is 0 Å². The molecule has 0 rings (SSSR count). The quantitative estimate of drug-likeness (QED) is 0.392. The summed E-state index contributed by atoms with van der Waals surface area (Å²) in [6, 6.07) is 0. The molecule has 0 aromatic carbocycles. The molecule has 0 spiro atoms. The number of hydrogen-bond acceptors (Lipinski definition) is 0. The molecule has 2 atom stereocenters. The molecule has 0 nitrogen and oxygen atoms in total. The molecule has 0 saturated heterocycles. The van der Waals surface area contributed by atoms with Crippen molar-refractivity contribution in [3.63, 3.8) is 0 Å². The van der Waals surface area contributed by atoms with Crippen molar-refractivity contribution in [2.75, 3.05) is 0 Å². The van der Waals surface area contributed by atoms with E-state index in [0.29, 0.717) is 0 Å². The first-order valence-electron chi connectivity index (χ1n) is 3.27. The van der Waals surface area contributed by atoms with Crippen LogP contribution in [-0.4, -0.2) is 24.8 Å². The van der Waals surface area contributed by atoms with E-state index >= 15 is 0 Å². The highest BCUT2D eigenvalue weighted by molar-refractivity contribution is 9.10. The Kier molecular flexibility index (Phi) is 5.23. The van der Waals surface area contributed by atoms with Gasteiger partial charge in [-0.15, -0.1) is 0 Å². The molecule has 0 aromatic heterocycles. The van der Waals surface area contributed by atoms with Gasteiger partial charge >= 0.3 is 21.0 Å². The lowest BCUT2D eigenvalue weighted by molar-refractivity contribution is -0.220. The summed E-state index contributed by atoms with van der Waals surface area (Å²) in [5.41, 5.74) is 0. The SMILES string of the molecule is FC(Cl)(Br)C(F)(F)C(F)(Cl)C(F)(F)C(Cl)(Cl)Cl. The molecule has 0 N–H and O–H groups in total. The average molecular weight is 431 g/mol. The standard InChI is InChI=1S/C5BrCl5F6/c6-4(8,17)2(13,14)1(7,12)3(15,16)5(9,10)11. The van der Waals surface area contributed by atoms with Gasteiger partial charge in [-0.25, -0.2) is 8.78 Å². The zero-order valence-corrected chi connectivity index (χ0v) is 12.4. The van der Waals surface area contributed by atoms with Gasteiger partial charge in [-0.1, -0.05) is 58.0 Å². The Hall–Kier alpha value is 1.51. The van der Waals surface area contributed by atoms with Gasteiger partial charge in [-0.3, -0.25) is 0 Å². The lowest BCUT2D eigenvalue weighted by Gasteiger charge is -2.39. The summed E-state index contributed by atoms with van der Waals surface area (Å²) in [6.45, 7) is 0. The minimum Gasteiger partial charge on any atom is -0.212 e. The highest BCUT2D eigenvalue weighted by Crippen LogP contribution is 2.62. The van der Waals surface area contributed by atoms with E-state index in [2.05, 4.69) is 58.0 Å². The zero-order chi connectivity index (χ0) is 14.5. The van der Waals surface area contributed by atoms with Crippen LogP contribution < -0.4 is 0 Å². The van der Waals surface area contributed by atoms with Gasteiger partial charge < -0.3 is 0 Å². The smallest absolute Gasteiger partial charge is 0.212 e. The van der Waals surface area contributed by atoms with E-state index in [1.165, 1.54) is 15.9 Å². The summed E-state index contributed by atoms with van der Waals surface area (Å²) < 4.78 is 70.0. The van der Waals surface area contributed by atoms with Crippen molar-refractivity contribution in [3.05, 3.63) is 0 Å². The molecule has 0 saturated carbocycles. The highest BCUT2D eigenvalue weighted by atomic mass is 79.9. The van der Waals surface area contributed by atoms with Gasteiger partial charge in [0, 0.05) is 0 Å². The van der Waals surface area contributed by atoms with Gasteiger partial charge in [0.25, 0.3) is 3.79 Å². The van der Waals surface area contributed by atoms with E-state index in [-0.39, 0.29) is 0 Å². The third kappa shape index (κ3) is 2.99. The van der Waals surface area contributed by atoms with Crippen LogP contribution in [0.5, 0.6) is 0 Å². The van der Waals surface area contributed by atoms with Crippen molar-refractivity contribution in [1.82, 2.24) is 0 Å². The van der Waals surface area contributed by atoms with Crippen molar-refractivity contribution in [3.8, 4) is 0 Å². The molecule has 0 amide bonds. The van der Waals surface area contributed by atoms with Crippen LogP contribution in [0.2, 0.25) is 0 Å². The van der Waals surface area contributed by atoms with Crippen LogP contribution in [0.1, 0.15) is 0 Å². The molecule has 2 unspecified atom stereocenters. The second-order valence-electron chi connectivity index (χ2n) is 2.72. The summed E-state index contributed by atoms with van der Waals surface area (Å²) in [7, 11) is 0. The normalized spacial score (nSPS) is 21.9. The van der Waals surface area contributed by atoms with E-state index in [9.17, 15) is 26.3 Å². The first-order chi connectivity index (χ1) is 7.00. The molecule has 0 heterocycles. The Balaban J connectivity index is 5.73. The average Bonchev–Trinajstić information content (AvgIpc) is 1.98. The monoisotopic (exact) mass is 428 g/mol. The molecule has 0 aliphatic heterocycles. The number of rotatable bonds is 3. The van der Waals surface area contributed by atoms with Crippen LogP contribution in [-0.2, 0) is 0 Å². The molecule has 0 aliphatic rings. The second-order valence-corrected chi connectivity index (χ2v) is 7.59. The van der Waals surface area contributed by atoms with E-state index < -0.39 is 24.8 Å². The zero-order valence-electron chi connectivity index (χ0n) is 7.04. The van der Waals surface area contributed by atoms with Crippen molar-refractivity contribution >= 4 is 73.9 Å². The lowest BCUT2D eigenvalue weighted by atomic mass is 10.1. The summed E-state index contributed by atoms with van der Waals surface area (Å²) >= 11 is 24.0. The van der Waals surface area contributed by atoms with Gasteiger partial charge in [-0.2, -0.15) is 17.6 Å². The maximum absolute atomic E-state index is 13.3. The molecule has 104 valence electrons. The van der Waals surface area contributed by atoms with Crippen molar-refractivity contribution in [2.24, 2.45) is 0 Å². The molecule has 17 heavy (non-hydrogen) atoms. The molecular weight excluding hydrogens is 431 g/mol. The van der Waals surface area contributed by atoms with Gasteiger partial charge in [0.15, 0.2) is 0 Å². The summed E-state index contributed by atoms with van der Waals surface area (Å²) in [4.78, 5) is 0. The van der Waals surface area contributed by atoms with Crippen molar-refractivity contribution in [2.45, 2.75) is 24.8 Å². The molecule has 0 aliphatic carbocycles. The molecule has 0 fully saturated rings. The summed E-state index contributed by atoms with van der Waals surface area (Å²) in [5, 5.41) is -5.38. The van der Waals surface area contributed by atoms with Crippen LogP contribution in [0.25, 0.3) is 0 Å².